The summed E-state index contributed by atoms with van der Waals surface area (Å²) in [5, 5.41) is 37.1. The van der Waals surface area contributed by atoms with Crippen LogP contribution in [0.2, 0.25) is 0 Å². The summed E-state index contributed by atoms with van der Waals surface area (Å²) in [6, 6.07) is 10.3. The molecule has 2 aromatic carbocycles. The van der Waals surface area contributed by atoms with Crippen molar-refractivity contribution in [2.24, 2.45) is 0 Å². The second kappa shape index (κ2) is 6.69. The molecule has 122 valence electrons. The average Bonchev–Trinajstić information content (AvgIpc) is 2.68. The summed E-state index contributed by atoms with van der Waals surface area (Å²) in [5.74, 6) is 0. The molecule has 0 radical (unpaired) electrons. The van der Waals surface area contributed by atoms with Crippen molar-refractivity contribution in [3.8, 4) is 6.07 Å². The van der Waals surface area contributed by atoms with Crippen molar-refractivity contribution in [1.82, 2.24) is 30.8 Å². The first kappa shape index (κ1) is 15.3. The zero-order valence-electron chi connectivity index (χ0n) is 13.6. The van der Waals surface area contributed by atoms with Crippen LogP contribution in [0.1, 0.15) is 31.4 Å². The van der Waals surface area contributed by atoms with E-state index in [2.05, 4.69) is 49.0 Å². The van der Waals surface area contributed by atoms with Crippen molar-refractivity contribution in [3.05, 3.63) is 36.2 Å². The second-order valence-corrected chi connectivity index (χ2v) is 5.92. The predicted octanol–water partition coefficient (Wildman–Crippen LogP) is 3.14. The van der Waals surface area contributed by atoms with Gasteiger partial charge in [-0.05, 0) is 40.5 Å². The Morgan fingerprint density at radius 3 is 2.56 bits per heavy atom. The molecule has 25 heavy (non-hydrogen) atoms. The highest BCUT2D eigenvalue weighted by Gasteiger charge is 2.15. The summed E-state index contributed by atoms with van der Waals surface area (Å²) in [5.41, 5.74) is 2.33. The molecule has 0 aliphatic heterocycles. The minimum Gasteiger partial charge on any atom is -0.198 e. The van der Waals surface area contributed by atoms with Crippen LogP contribution in [-0.2, 0) is 6.42 Å². The van der Waals surface area contributed by atoms with Gasteiger partial charge in [-0.2, -0.15) is 5.26 Å². The highest BCUT2D eigenvalue weighted by Crippen LogP contribution is 2.33. The molecule has 0 aliphatic carbocycles. The van der Waals surface area contributed by atoms with Crippen molar-refractivity contribution in [2.45, 2.75) is 32.1 Å². The second-order valence-electron chi connectivity index (χ2n) is 5.92. The summed E-state index contributed by atoms with van der Waals surface area (Å²) in [6.45, 7) is 0. The van der Waals surface area contributed by atoms with E-state index in [9.17, 15) is 0 Å². The van der Waals surface area contributed by atoms with Gasteiger partial charge in [0.2, 0.25) is 0 Å². The molecule has 0 aliphatic rings. The molecule has 2 aromatic heterocycles. The third kappa shape index (κ3) is 2.72. The Labute approximate surface area is 143 Å². The molecule has 7 nitrogen and oxygen atoms in total. The van der Waals surface area contributed by atoms with E-state index in [-0.39, 0.29) is 0 Å². The predicted molar refractivity (Wildman–Crippen MR) is 93.5 cm³/mol. The monoisotopic (exact) mass is 329 g/mol. The fourth-order valence-electron chi connectivity index (χ4n) is 3.23. The van der Waals surface area contributed by atoms with E-state index >= 15 is 0 Å². The van der Waals surface area contributed by atoms with Crippen molar-refractivity contribution in [2.75, 3.05) is 0 Å². The number of nitrogens with zero attached hydrogens (tertiary/aromatic N) is 7. The quantitative estimate of drug-likeness (QED) is 0.409. The van der Waals surface area contributed by atoms with Gasteiger partial charge in [0.25, 0.3) is 0 Å². The Kier molecular flexibility index (Phi) is 4.09. The SMILES string of the molecule is N#CCCCCCc1nnnc2c3nnncc3c3ccccc3c12. The van der Waals surface area contributed by atoms with Crippen LogP contribution < -0.4 is 0 Å². The topological polar surface area (TPSA) is 101 Å². The molecule has 2 heterocycles. The smallest absolute Gasteiger partial charge is 0.125 e. The maximum Gasteiger partial charge on any atom is 0.125 e. The molecule has 0 atom stereocenters. The summed E-state index contributed by atoms with van der Waals surface area (Å²) in [7, 11) is 0. The fourth-order valence-corrected chi connectivity index (χ4v) is 3.23. The first-order chi connectivity index (χ1) is 12.4. The molecule has 0 saturated heterocycles. The van der Waals surface area contributed by atoms with Crippen molar-refractivity contribution < 1.29 is 0 Å². The lowest BCUT2D eigenvalue weighted by Gasteiger charge is -2.10. The number of nitriles is 1. The lowest BCUT2D eigenvalue weighted by molar-refractivity contribution is 0.675. The van der Waals surface area contributed by atoms with Crippen LogP contribution in [0.25, 0.3) is 32.6 Å². The molecular formula is C18H15N7. The van der Waals surface area contributed by atoms with Crippen LogP contribution in [0, 0.1) is 11.3 Å². The fraction of sp³-hybridized carbons (Fsp3) is 0.278. The van der Waals surface area contributed by atoms with Crippen LogP contribution in [0.15, 0.2) is 30.5 Å². The number of benzene rings is 2. The van der Waals surface area contributed by atoms with Crippen LogP contribution in [-0.4, -0.2) is 30.8 Å². The maximum atomic E-state index is 8.64. The first-order valence-electron chi connectivity index (χ1n) is 8.28. The van der Waals surface area contributed by atoms with E-state index in [1.165, 1.54) is 0 Å². The first-order valence-corrected chi connectivity index (χ1v) is 8.28. The molecule has 7 heteroatoms. The number of aryl methyl sites for hydroxylation is 1. The van der Waals surface area contributed by atoms with Gasteiger partial charge in [-0.1, -0.05) is 30.7 Å². The highest BCUT2D eigenvalue weighted by atomic mass is 15.3. The summed E-state index contributed by atoms with van der Waals surface area (Å²) in [6.07, 6.45) is 5.98. The number of aromatic nitrogens is 6. The zero-order valence-corrected chi connectivity index (χ0v) is 13.6. The molecule has 0 bridgehead atoms. The van der Waals surface area contributed by atoms with E-state index < -0.39 is 0 Å². The summed E-state index contributed by atoms with van der Waals surface area (Å²) < 4.78 is 0. The maximum absolute atomic E-state index is 8.64. The molecule has 0 fully saturated rings. The average molecular weight is 329 g/mol. The molecular weight excluding hydrogens is 314 g/mol. The highest BCUT2D eigenvalue weighted by molar-refractivity contribution is 6.23. The van der Waals surface area contributed by atoms with E-state index in [1.54, 1.807) is 6.20 Å². The van der Waals surface area contributed by atoms with Crippen LogP contribution >= 0.6 is 0 Å². The zero-order chi connectivity index (χ0) is 17.1. The lowest BCUT2D eigenvalue weighted by Crippen LogP contribution is -2.01. The molecule has 0 spiro atoms. The molecule has 0 N–H and O–H groups in total. The van der Waals surface area contributed by atoms with Gasteiger partial charge in [0, 0.05) is 17.2 Å². The van der Waals surface area contributed by atoms with Crippen molar-refractivity contribution >= 4 is 32.6 Å². The molecule has 0 saturated carbocycles. The van der Waals surface area contributed by atoms with Crippen LogP contribution in [0.4, 0.5) is 0 Å². The van der Waals surface area contributed by atoms with E-state index in [1.807, 2.05) is 12.1 Å². The molecule has 0 amide bonds. The van der Waals surface area contributed by atoms with Gasteiger partial charge < -0.3 is 0 Å². The van der Waals surface area contributed by atoms with Gasteiger partial charge in [0.15, 0.2) is 0 Å². The Hall–Kier alpha value is -3.27. The van der Waals surface area contributed by atoms with Gasteiger partial charge in [-0.25, -0.2) is 0 Å². The number of hydrogen-bond acceptors (Lipinski definition) is 7. The summed E-state index contributed by atoms with van der Waals surface area (Å²) >= 11 is 0. The van der Waals surface area contributed by atoms with Gasteiger partial charge in [-0.15, -0.1) is 20.4 Å². The third-order valence-corrected chi connectivity index (χ3v) is 4.39. The molecule has 4 aromatic rings. The Morgan fingerprint density at radius 2 is 1.68 bits per heavy atom. The number of unbranched alkanes of at least 4 members (excludes halogenated alkanes) is 3. The van der Waals surface area contributed by atoms with Gasteiger partial charge in [-0.3, -0.25) is 0 Å². The standard InChI is InChI=1S/C18H15N7/c19-10-6-2-1-3-9-15-16-13-8-5-4-7-12(13)14-11-20-24-22-17(14)18(16)23-25-21-15/h4-5,7-8,11H,1-3,6,9H2. The minimum absolute atomic E-state index is 0.596. The van der Waals surface area contributed by atoms with Gasteiger partial charge >= 0.3 is 0 Å². The lowest BCUT2D eigenvalue weighted by atomic mass is 9.98. The van der Waals surface area contributed by atoms with Crippen molar-refractivity contribution in [1.29, 1.82) is 5.26 Å². The summed E-state index contributed by atoms with van der Waals surface area (Å²) in [4.78, 5) is 0. The Balaban J connectivity index is 1.89. The largest absolute Gasteiger partial charge is 0.198 e. The van der Waals surface area contributed by atoms with E-state index in [0.717, 1.165) is 52.9 Å². The normalized spacial score (nSPS) is 11.2. The molecule has 4 rings (SSSR count). The third-order valence-electron chi connectivity index (χ3n) is 4.39. The van der Waals surface area contributed by atoms with Crippen LogP contribution in [0.3, 0.4) is 0 Å². The van der Waals surface area contributed by atoms with E-state index in [0.29, 0.717) is 17.5 Å². The number of fused-ring (bicyclic) bond motifs is 6. The van der Waals surface area contributed by atoms with Gasteiger partial charge in [0.1, 0.15) is 11.0 Å². The minimum atomic E-state index is 0.596. The number of rotatable bonds is 5. The van der Waals surface area contributed by atoms with Crippen molar-refractivity contribution in [3.63, 3.8) is 0 Å². The van der Waals surface area contributed by atoms with Gasteiger partial charge in [0.05, 0.1) is 18.0 Å². The van der Waals surface area contributed by atoms with E-state index in [4.69, 9.17) is 5.26 Å². The molecule has 0 unspecified atom stereocenters. The Bertz CT molecular complexity index is 1060. The Morgan fingerprint density at radius 1 is 0.840 bits per heavy atom. The number of hydrogen-bond donors (Lipinski definition) is 0. The van der Waals surface area contributed by atoms with Crippen LogP contribution in [0.5, 0.6) is 0 Å².